The molecule has 0 aliphatic rings. The van der Waals surface area contributed by atoms with E-state index in [2.05, 4.69) is 21.1 Å². The fraction of sp³-hybridized carbons (Fsp3) is 0.214. The number of ether oxygens (including phenoxy) is 2. The number of benzene rings is 3. The van der Waals surface area contributed by atoms with Gasteiger partial charge >= 0.3 is 0 Å². The molecule has 0 saturated heterocycles. The van der Waals surface area contributed by atoms with Crippen LogP contribution >= 0.6 is 0 Å². The summed E-state index contributed by atoms with van der Waals surface area (Å²) in [5.74, 6) is 0.565. The van der Waals surface area contributed by atoms with Gasteiger partial charge in [0.15, 0.2) is 13.2 Å². The van der Waals surface area contributed by atoms with Crippen molar-refractivity contribution < 1.29 is 19.1 Å². The molecule has 8 nitrogen and oxygen atoms in total. The lowest BCUT2D eigenvalue weighted by molar-refractivity contribution is -0.123. The molecule has 0 aliphatic heterocycles. The molecular weight excluding hydrogens is 456 g/mol. The van der Waals surface area contributed by atoms with Crippen LogP contribution < -0.4 is 20.3 Å². The lowest BCUT2D eigenvalue weighted by Gasteiger charge is -2.07. The van der Waals surface area contributed by atoms with Crippen molar-refractivity contribution in [1.82, 2.24) is 10.9 Å². The second-order valence-corrected chi connectivity index (χ2v) is 8.32. The highest BCUT2D eigenvalue weighted by atomic mass is 16.5. The molecule has 8 heteroatoms. The topological polar surface area (TPSA) is 101 Å². The molecule has 0 unspecified atom stereocenters. The molecule has 36 heavy (non-hydrogen) atoms. The summed E-state index contributed by atoms with van der Waals surface area (Å²) in [4.78, 5) is 23.9. The molecule has 0 spiro atoms. The monoisotopic (exact) mass is 486 g/mol. The number of nitrogens with zero attached hydrogens (tertiary/aromatic N) is 2. The first-order valence-corrected chi connectivity index (χ1v) is 11.4. The van der Waals surface area contributed by atoms with E-state index in [-0.39, 0.29) is 25.0 Å². The summed E-state index contributed by atoms with van der Waals surface area (Å²) in [6.07, 6.45) is 3.06. The third-order valence-electron chi connectivity index (χ3n) is 5.44. The van der Waals surface area contributed by atoms with Crippen LogP contribution in [0, 0.1) is 27.7 Å². The molecule has 0 atom stereocenters. The highest BCUT2D eigenvalue weighted by Gasteiger charge is 2.04. The molecule has 3 aromatic carbocycles. The van der Waals surface area contributed by atoms with Crippen molar-refractivity contribution in [3.63, 3.8) is 0 Å². The summed E-state index contributed by atoms with van der Waals surface area (Å²) in [5.41, 5.74) is 11.0. The van der Waals surface area contributed by atoms with Gasteiger partial charge in [0.25, 0.3) is 11.8 Å². The van der Waals surface area contributed by atoms with Crippen molar-refractivity contribution in [1.29, 1.82) is 0 Å². The summed E-state index contributed by atoms with van der Waals surface area (Å²) in [6, 6.07) is 18.6. The van der Waals surface area contributed by atoms with E-state index in [0.717, 1.165) is 33.4 Å². The number of carbonyl (C=O) groups excluding carboxylic acids is 2. The Hall–Kier alpha value is -4.46. The van der Waals surface area contributed by atoms with E-state index in [1.165, 1.54) is 12.4 Å². The Morgan fingerprint density at radius 2 is 1.03 bits per heavy atom. The van der Waals surface area contributed by atoms with Gasteiger partial charge in [0.05, 0.1) is 12.4 Å². The van der Waals surface area contributed by atoms with Crippen molar-refractivity contribution in [3.05, 3.63) is 94.0 Å². The Morgan fingerprint density at radius 3 is 1.39 bits per heavy atom. The molecule has 3 aromatic rings. The molecule has 0 heterocycles. The minimum Gasteiger partial charge on any atom is -0.484 e. The van der Waals surface area contributed by atoms with Gasteiger partial charge in [-0.05, 0) is 85.3 Å². The van der Waals surface area contributed by atoms with Gasteiger partial charge in [0.1, 0.15) is 11.5 Å². The van der Waals surface area contributed by atoms with Crippen LogP contribution in [-0.4, -0.2) is 37.5 Å². The maximum absolute atomic E-state index is 11.9. The number of carbonyl (C=O) groups is 2. The molecule has 0 bridgehead atoms. The summed E-state index contributed by atoms with van der Waals surface area (Å²) in [5, 5.41) is 7.89. The Bertz CT molecular complexity index is 1170. The summed E-state index contributed by atoms with van der Waals surface area (Å²) >= 11 is 0. The first kappa shape index (κ1) is 26.2. The highest BCUT2D eigenvalue weighted by molar-refractivity contribution is 5.86. The zero-order valence-electron chi connectivity index (χ0n) is 20.9. The molecule has 186 valence electrons. The van der Waals surface area contributed by atoms with Crippen molar-refractivity contribution in [2.24, 2.45) is 10.2 Å². The fourth-order valence-electron chi connectivity index (χ4n) is 3.00. The van der Waals surface area contributed by atoms with Crippen LogP contribution in [0.4, 0.5) is 0 Å². The molecule has 2 N–H and O–H groups in total. The fourth-order valence-corrected chi connectivity index (χ4v) is 3.00. The Morgan fingerprint density at radius 1 is 0.639 bits per heavy atom. The minimum atomic E-state index is -0.356. The predicted molar refractivity (Wildman–Crippen MR) is 141 cm³/mol. The normalized spacial score (nSPS) is 11.0. The molecule has 0 aliphatic carbocycles. The summed E-state index contributed by atoms with van der Waals surface area (Å²) < 4.78 is 11.0. The third-order valence-corrected chi connectivity index (χ3v) is 5.44. The van der Waals surface area contributed by atoms with E-state index < -0.39 is 0 Å². The predicted octanol–water partition coefficient (Wildman–Crippen LogP) is 3.98. The van der Waals surface area contributed by atoms with Crippen LogP contribution in [-0.2, 0) is 9.59 Å². The van der Waals surface area contributed by atoms with Gasteiger partial charge < -0.3 is 9.47 Å². The number of hydrazone groups is 2. The largest absolute Gasteiger partial charge is 0.484 e. The number of nitrogens with one attached hydrogen (secondary N) is 2. The first-order chi connectivity index (χ1) is 17.3. The third kappa shape index (κ3) is 8.39. The van der Waals surface area contributed by atoms with Gasteiger partial charge in [-0.1, -0.05) is 36.4 Å². The van der Waals surface area contributed by atoms with Crippen LogP contribution in [0.25, 0.3) is 0 Å². The number of hydrogen-bond acceptors (Lipinski definition) is 6. The van der Waals surface area contributed by atoms with Crippen LogP contribution in [0.1, 0.15) is 33.4 Å². The molecule has 3 rings (SSSR count). The second kappa shape index (κ2) is 12.9. The van der Waals surface area contributed by atoms with E-state index in [1.807, 2.05) is 88.4 Å². The van der Waals surface area contributed by atoms with E-state index in [9.17, 15) is 9.59 Å². The smallest absolute Gasteiger partial charge is 0.277 e. The van der Waals surface area contributed by atoms with Crippen molar-refractivity contribution in [3.8, 4) is 11.5 Å². The van der Waals surface area contributed by atoms with Gasteiger partial charge in [0.2, 0.25) is 0 Å². The quantitative estimate of drug-likeness (QED) is 0.334. The zero-order valence-corrected chi connectivity index (χ0v) is 20.9. The number of aryl methyl sites for hydroxylation is 4. The number of amides is 2. The van der Waals surface area contributed by atoms with Crippen molar-refractivity contribution >= 4 is 24.2 Å². The average Bonchev–Trinajstić information content (AvgIpc) is 2.86. The number of hydrogen-bond donors (Lipinski definition) is 2. The minimum absolute atomic E-state index is 0.128. The highest BCUT2D eigenvalue weighted by Crippen LogP contribution is 2.17. The van der Waals surface area contributed by atoms with E-state index in [0.29, 0.717) is 11.5 Å². The summed E-state index contributed by atoms with van der Waals surface area (Å²) in [7, 11) is 0. The maximum Gasteiger partial charge on any atom is 0.277 e. The molecule has 0 saturated carbocycles. The molecule has 2 amide bonds. The molecule has 0 radical (unpaired) electrons. The average molecular weight is 487 g/mol. The first-order valence-electron chi connectivity index (χ1n) is 11.4. The van der Waals surface area contributed by atoms with E-state index in [4.69, 9.17) is 9.47 Å². The maximum atomic E-state index is 11.9. The number of rotatable bonds is 10. The van der Waals surface area contributed by atoms with Crippen molar-refractivity contribution in [2.75, 3.05) is 13.2 Å². The Balaban J connectivity index is 1.38. The summed E-state index contributed by atoms with van der Waals surface area (Å²) in [6.45, 7) is 7.75. The zero-order chi connectivity index (χ0) is 25.9. The second-order valence-electron chi connectivity index (χ2n) is 8.32. The van der Waals surface area contributed by atoms with Gasteiger partial charge in [-0.3, -0.25) is 9.59 Å². The van der Waals surface area contributed by atoms with Gasteiger partial charge in [-0.25, -0.2) is 10.9 Å². The van der Waals surface area contributed by atoms with Gasteiger partial charge in [-0.2, -0.15) is 10.2 Å². The van der Waals surface area contributed by atoms with E-state index in [1.54, 1.807) is 0 Å². The molecule has 0 fully saturated rings. The van der Waals surface area contributed by atoms with Gasteiger partial charge in [0, 0.05) is 0 Å². The molecular formula is C28H30N4O4. The Kier molecular flexibility index (Phi) is 9.33. The standard InChI is InChI=1S/C28H30N4O4/c1-19-5-11-25(13-21(19)3)35-17-27(33)31-29-15-23-7-9-24(10-8-23)16-30-32-28(34)18-36-26-12-6-20(2)22(4)14-26/h5-16H,17-18H2,1-4H3,(H,31,33)(H,32,34)/b29-15-,30-16-. The Labute approximate surface area is 211 Å². The van der Waals surface area contributed by atoms with Crippen LogP contribution in [0.5, 0.6) is 11.5 Å². The van der Waals surface area contributed by atoms with Crippen LogP contribution in [0.15, 0.2) is 70.9 Å². The van der Waals surface area contributed by atoms with Crippen LogP contribution in [0.3, 0.4) is 0 Å². The SMILES string of the molecule is Cc1ccc(OCC(=O)N/N=C\c2ccc(/C=N\NC(=O)COc3ccc(C)c(C)c3)cc2)cc1C. The van der Waals surface area contributed by atoms with Crippen molar-refractivity contribution in [2.45, 2.75) is 27.7 Å². The van der Waals surface area contributed by atoms with Gasteiger partial charge in [-0.15, -0.1) is 0 Å². The lowest BCUT2D eigenvalue weighted by Crippen LogP contribution is -2.24. The van der Waals surface area contributed by atoms with E-state index >= 15 is 0 Å². The van der Waals surface area contributed by atoms with Crippen LogP contribution in [0.2, 0.25) is 0 Å². The molecule has 0 aromatic heterocycles. The lowest BCUT2D eigenvalue weighted by atomic mass is 10.1.